The van der Waals surface area contributed by atoms with Crippen LogP contribution in [0.25, 0.3) is 0 Å². The smallest absolute Gasteiger partial charge is 0.304 e. The number of benzene rings is 1. The number of oxime groups is 1. The summed E-state index contributed by atoms with van der Waals surface area (Å²) in [7, 11) is -3.52. The third-order valence-electron chi connectivity index (χ3n) is 5.85. The van der Waals surface area contributed by atoms with E-state index in [1.165, 1.54) is 20.4 Å². The first kappa shape index (κ1) is 23.3. The van der Waals surface area contributed by atoms with Gasteiger partial charge in [-0.1, -0.05) is 5.16 Å². The minimum absolute atomic E-state index is 0.309. The van der Waals surface area contributed by atoms with Crippen LogP contribution in [0.2, 0.25) is 0 Å². The molecule has 1 aromatic carbocycles. The van der Waals surface area contributed by atoms with Crippen molar-refractivity contribution in [3.05, 3.63) is 47.7 Å². The van der Waals surface area contributed by atoms with Crippen LogP contribution in [0.5, 0.6) is 5.75 Å². The molecule has 0 radical (unpaired) electrons. The molecule has 0 spiro atoms. The lowest BCUT2D eigenvalue weighted by atomic mass is 10.1. The fraction of sp³-hybridized carbons (Fsp3) is 0.478. The number of nitrogen functional groups attached to an aromatic ring is 1. The Morgan fingerprint density at radius 1 is 1.12 bits per heavy atom. The predicted octanol–water partition coefficient (Wildman–Crippen LogP) is 2.97. The van der Waals surface area contributed by atoms with E-state index in [0.717, 1.165) is 49.1 Å². The van der Waals surface area contributed by atoms with Crippen molar-refractivity contribution in [3.63, 3.8) is 0 Å². The van der Waals surface area contributed by atoms with Gasteiger partial charge in [-0.3, -0.25) is 4.31 Å². The van der Waals surface area contributed by atoms with Crippen LogP contribution in [0.15, 0.2) is 41.7 Å². The summed E-state index contributed by atoms with van der Waals surface area (Å²) in [5, 5.41) is 4.19. The highest BCUT2D eigenvalue weighted by Crippen LogP contribution is 2.28. The van der Waals surface area contributed by atoms with E-state index in [-0.39, 0.29) is 0 Å². The minimum atomic E-state index is -3.52. The monoisotopic (exact) mass is 473 g/mol. The average molecular weight is 474 g/mol. The minimum Gasteiger partial charge on any atom is -0.494 e. The Labute approximate surface area is 195 Å². The number of hydrogen-bond donors (Lipinski definition) is 1. The Bertz CT molecular complexity index is 1110. The first-order chi connectivity index (χ1) is 16.0. The van der Waals surface area contributed by atoms with E-state index >= 15 is 0 Å². The SMILES string of the molecule is CCON=C1CCc2cc(OCCCCCN3CCN(c4ccnc(N)c4)S3(=O)=O)ccc21. The number of aromatic nitrogens is 1. The van der Waals surface area contributed by atoms with Crippen molar-refractivity contribution < 1.29 is 18.0 Å². The van der Waals surface area contributed by atoms with E-state index < -0.39 is 10.2 Å². The normalized spacial score (nSPS) is 18.6. The number of ether oxygens (including phenoxy) is 1. The summed E-state index contributed by atoms with van der Waals surface area (Å²) in [5.74, 6) is 1.17. The van der Waals surface area contributed by atoms with Gasteiger partial charge in [0.2, 0.25) is 0 Å². The van der Waals surface area contributed by atoms with E-state index in [0.29, 0.717) is 44.4 Å². The predicted molar refractivity (Wildman–Crippen MR) is 129 cm³/mol. The second kappa shape index (κ2) is 10.4. The lowest BCUT2D eigenvalue weighted by molar-refractivity contribution is 0.158. The zero-order valence-electron chi connectivity index (χ0n) is 18.9. The fourth-order valence-electron chi connectivity index (χ4n) is 4.18. The van der Waals surface area contributed by atoms with Gasteiger partial charge in [0.05, 0.1) is 18.0 Å². The summed E-state index contributed by atoms with van der Waals surface area (Å²) in [6.45, 7) is 4.50. The van der Waals surface area contributed by atoms with Gasteiger partial charge in [-0.05, 0) is 68.9 Å². The zero-order chi connectivity index (χ0) is 23.3. The maximum atomic E-state index is 12.8. The highest BCUT2D eigenvalue weighted by atomic mass is 32.2. The molecule has 2 N–H and O–H groups in total. The molecule has 178 valence electrons. The Morgan fingerprint density at radius 3 is 2.82 bits per heavy atom. The topological polar surface area (TPSA) is 110 Å². The molecular weight excluding hydrogens is 442 g/mol. The van der Waals surface area contributed by atoms with E-state index in [1.54, 1.807) is 12.1 Å². The van der Waals surface area contributed by atoms with Crippen LogP contribution >= 0.6 is 0 Å². The number of hydrogen-bond acceptors (Lipinski definition) is 7. The summed E-state index contributed by atoms with van der Waals surface area (Å²) in [6, 6.07) is 9.37. The molecule has 0 amide bonds. The summed E-state index contributed by atoms with van der Waals surface area (Å²) in [4.78, 5) is 9.12. The molecule has 1 saturated heterocycles. The maximum Gasteiger partial charge on any atom is 0.304 e. The molecule has 4 rings (SSSR count). The molecule has 2 heterocycles. The molecule has 0 atom stereocenters. The molecule has 33 heavy (non-hydrogen) atoms. The van der Waals surface area contributed by atoms with Crippen molar-refractivity contribution in [1.82, 2.24) is 9.29 Å². The lowest BCUT2D eigenvalue weighted by Gasteiger charge is -2.20. The Balaban J connectivity index is 1.19. The average Bonchev–Trinajstić information content (AvgIpc) is 3.34. The molecule has 1 aromatic heterocycles. The highest BCUT2D eigenvalue weighted by molar-refractivity contribution is 7.90. The summed E-state index contributed by atoms with van der Waals surface area (Å²) < 4.78 is 34.5. The molecule has 0 saturated carbocycles. The van der Waals surface area contributed by atoms with Crippen LogP contribution in [-0.2, 0) is 21.5 Å². The molecule has 1 aliphatic carbocycles. The quantitative estimate of drug-likeness (QED) is 0.420. The van der Waals surface area contributed by atoms with Crippen LogP contribution in [0.3, 0.4) is 0 Å². The first-order valence-corrected chi connectivity index (χ1v) is 12.8. The van der Waals surface area contributed by atoms with Gasteiger partial charge in [0, 0.05) is 37.5 Å². The zero-order valence-corrected chi connectivity index (χ0v) is 19.8. The Morgan fingerprint density at radius 2 is 2.00 bits per heavy atom. The van der Waals surface area contributed by atoms with Crippen molar-refractivity contribution in [1.29, 1.82) is 0 Å². The van der Waals surface area contributed by atoms with Gasteiger partial charge in [0.15, 0.2) is 0 Å². The highest BCUT2D eigenvalue weighted by Gasteiger charge is 2.36. The largest absolute Gasteiger partial charge is 0.494 e. The second-order valence-electron chi connectivity index (χ2n) is 8.10. The molecule has 2 aliphatic rings. The van der Waals surface area contributed by atoms with Crippen molar-refractivity contribution in [2.24, 2.45) is 5.16 Å². The Kier molecular flexibility index (Phi) is 7.34. The van der Waals surface area contributed by atoms with Crippen molar-refractivity contribution >= 4 is 27.4 Å². The van der Waals surface area contributed by atoms with Gasteiger partial charge >= 0.3 is 10.2 Å². The molecule has 0 bridgehead atoms. The van der Waals surface area contributed by atoms with Crippen molar-refractivity contribution in [2.45, 2.75) is 39.0 Å². The molecule has 2 aromatic rings. The summed E-state index contributed by atoms with van der Waals surface area (Å²) >= 11 is 0. The number of nitrogens with zero attached hydrogens (tertiary/aromatic N) is 4. The second-order valence-corrected chi connectivity index (χ2v) is 9.95. The van der Waals surface area contributed by atoms with E-state index in [2.05, 4.69) is 22.3 Å². The lowest BCUT2D eigenvalue weighted by Crippen LogP contribution is -2.33. The third kappa shape index (κ3) is 5.39. The first-order valence-electron chi connectivity index (χ1n) is 11.4. The number of nitrogens with two attached hydrogens (primary N) is 1. The van der Waals surface area contributed by atoms with E-state index in [9.17, 15) is 8.42 Å². The summed E-state index contributed by atoms with van der Waals surface area (Å²) in [6.07, 6.45) is 5.92. The molecule has 1 fully saturated rings. The number of fused-ring (bicyclic) bond motifs is 1. The molecule has 10 heteroatoms. The fourth-order valence-corrected chi connectivity index (χ4v) is 5.83. The van der Waals surface area contributed by atoms with Crippen LogP contribution in [0.1, 0.15) is 43.7 Å². The molecular formula is C23H31N5O4S. The number of pyridine rings is 1. The van der Waals surface area contributed by atoms with Gasteiger partial charge in [-0.2, -0.15) is 12.7 Å². The number of unbranched alkanes of at least 4 members (excludes halogenated alkanes) is 2. The standard InChI is InChI=1S/C23H31N5O4S/c1-2-32-26-22-9-6-18-16-20(7-8-21(18)22)31-15-5-3-4-12-27-13-14-28(33(27,29)30)19-10-11-25-23(24)17-19/h7-8,10-11,16-17H,2-6,9,12-15H2,1H3,(H2,24,25). The van der Waals surface area contributed by atoms with Gasteiger partial charge < -0.3 is 15.3 Å². The molecule has 0 unspecified atom stereocenters. The van der Waals surface area contributed by atoms with Gasteiger partial charge in [-0.15, -0.1) is 0 Å². The van der Waals surface area contributed by atoms with Gasteiger partial charge in [0.25, 0.3) is 0 Å². The summed E-state index contributed by atoms with van der Waals surface area (Å²) in [5.41, 5.74) is 9.65. The van der Waals surface area contributed by atoms with E-state index in [1.807, 2.05) is 13.0 Å². The Hall–Kier alpha value is -2.85. The number of aryl methyl sites for hydroxylation is 1. The van der Waals surface area contributed by atoms with Crippen LogP contribution in [0.4, 0.5) is 11.5 Å². The van der Waals surface area contributed by atoms with Gasteiger partial charge in [0.1, 0.15) is 18.2 Å². The molecule has 1 aliphatic heterocycles. The maximum absolute atomic E-state index is 12.8. The van der Waals surface area contributed by atoms with Crippen molar-refractivity contribution in [2.75, 3.05) is 42.9 Å². The molecule has 9 nitrogen and oxygen atoms in total. The third-order valence-corrected chi connectivity index (χ3v) is 7.82. The number of anilines is 2. The van der Waals surface area contributed by atoms with Crippen LogP contribution < -0.4 is 14.8 Å². The van der Waals surface area contributed by atoms with Crippen molar-refractivity contribution in [3.8, 4) is 5.75 Å². The van der Waals surface area contributed by atoms with Gasteiger partial charge in [-0.25, -0.2) is 4.98 Å². The number of rotatable bonds is 10. The van der Waals surface area contributed by atoms with Crippen LogP contribution in [-0.4, -0.2) is 56.3 Å². The van der Waals surface area contributed by atoms with Crippen LogP contribution in [0, 0.1) is 0 Å². The van der Waals surface area contributed by atoms with E-state index in [4.69, 9.17) is 15.3 Å².